The van der Waals surface area contributed by atoms with E-state index in [0.29, 0.717) is 6.61 Å². The van der Waals surface area contributed by atoms with Crippen molar-refractivity contribution in [1.82, 2.24) is 0 Å². The minimum Gasteiger partial charge on any atom is -0.545 e. The van der Waals surface area contributed by atoms with E-state index in [9.17, 15) is 9.90 Å². The number of thioether (sulfide) groups is 1. The minimum absolute atomic E-state index is 0.0303. The SMILES string of the molecule is COc1ccc(-c2sccc2-c2cc(SC)ccc2OCc2ccccc2)cc1C(=O)[O-]. The molecule has 0 fully saturated rings. The number of ether oxygens (including phenoxy) is 2. The van der Waals surface area contributed by atoms with E-state index in [1.54, 1.807) is 35.2 Å². The molecule has 0 bridgehead atoms. The summed E-state index contributed by atoms with van der Waals surface area (Å²) in [5.74, 6) is -0.207. The first-order valence-electron chi connectivity index (χ1n) is 9.93. The summed E-state index contributed by atoms with van der Waals surface area (Å²) < 4.78 is 11.4. The Kier molecular flexibility index (Phi) is 6.83. The molecule has 6 heteroatoms. The standard InChI is InChI=1S/C26H22O4S2/c1-29-23-10-8-18(14-22(23)26(27)28)25-20(12-13-32-25)21-15-19(31-2)9-11-24(21)30-16-17-6-4-3-5-7-17/h3-15H,16H2,1-2H3,(H,27,28)/p-1. The van der Waals surface area contributed by atoms with Crippen molar-refractivity contribution in [1.29, 1.82) is 0 Å². The monoisotopic (exact) mass is 461 g/mol. The highest BCUT2D eigenvalue weighted by Crippen LogP contribution is 2.43. The Balaban J connectivity index is 1.76. The van der Waals surface area contributed by atoms with Crippen molar-refractivity contribution in [2.24, 2.45) is 0 Å². The smallest absolute Gasteiger partial charge is 0.127 e. The van der Waals surface area contributed by atoms with E-state index in [4.69, 9.17) is 9.47 Å². The van der Waals surface area contributed by atoms with Crippen molar-refractivity contribution in [3.63, 3.8) is 0 Å². The molecule has 0 saturated carbocycles. The van der Waals surface area contributed by atoms with Gasteiger partial charge in [-0.15, -0.1) is 23.1 Å². The molecule has 4 nitrogen and oxygen atoms in total. The van der Waals surface area contributed by atoms with Gasteiger partial charge in [0.25, 0.3) is 0 Å². The first kappa shape index (κ1) is 22.0. The largest absolute Gasteiger partial charge is 0.545 e. The fourth-order valence-corrected chi connectivity index (χ4v) is 4.81. The zero-order chi connectivity index (χ0) is 22.5. The predicted molar refractivity (Wildman–Crippen MR) is 129 cm³/mol. The molecule has 0 unspecified atom stereocenters. The summed E-state index contributed by atoms with van der Waals surface area (Å²) >= 11 is 3.21. The maximum Gasteiger partial charge on any atom is 0.127 e. The van der Waals surface area contributed by atoms with Gasteiger partial charge in [0.1, 0.15) is 18.1 Å². The molecule has 3 aromatic carbocycles. The second-order valence-electron chi connectivity index (χ2n) is 7.00. The molecule has 0 N–H and O–H groups in total. The number of hydrogen-bond donors (Lipinski definition) is 0. The maximum atomic E-state index is 11.6. The first-order valence-corrected chi connectivity index (χ1v) is 12.0. The molecule has 0 aliphatic carbocycles. The Morgan fingerprint density at radius 1 is 0.969 bits per heavy atom. The van der Waals surface area contributed by atoms with Gasteiger partial charge in [0.05, 0.1) is 13.1 Å². The lowest BCUT2D eigenvalue weighted by Gasteiger charge is -2.15. The molecule has 162 valence electrons. The number of carboxylic acids is 1. The molecule has 0 aliphatic heterocycles. The summed E-state index contributed by atoms with van der Waals surface area (Å²) in [6.45, 7) is 0.462. The van der Waals surface area contributed by atoms with E-state index in [1.807, 2.05) is 66.2 Å². The van der Waals surface area contributed by atoms with Crippen LogP contribution in [0, 0.1) is 0 Å². The van der Waals surface area contributed by atoms with Gasteiger partial charge in [-0.2, -0.15) is 0 Å². The summed E-state index contributed by atoms with van der Waals surface area (Å²) in [5, 5.41) is 13.6. The van der Waals surface area contributed by atoms with Crippen LogP contribution < -0.4 is 14.6 Å². The molecule has 0 atom stereocenters. The van der Waals surface area contributed by atoms with Gasteiger partial charge in [-0.3, -0.25) is 0 Å². The van der Waals surface area contributed by atoms with Crippen molar-refractivity contribution >= 4 is 29.1 Å². The third-order valence-corrected chi connectivity index (χ3v) is 6.75. The lowest BCUT2D eigenvalue weighted by molar-refractivity contribution is -0.255. The molecule has 0 radical (unpaired) electrons. The van der Waals surface area contributed by atoms with E-state index >= 15 is 0 Å². The number of rotatable bonds is 8. The van der Waals surface area contributed by atoms with Gasteiger partial charge in [0.2, 0.25) is 0 Å². The summed E-state index contributed by atoms with van der Waals surface area (Å²) in [7, 11) is 1.45. The maximum absolute atomic E-state index is 11.6. The van der Waals surface area contributed by atoms with Crippen LogP contribution in [0.1, 0.15) is 15.9 Å². The van der Waals surface area contributed by atoms with Crippen LogP contribution in [0.15, 0.2) is 83.1 Å². The Morgan fingerprint density at radius 3 is 2.47 bits per heavy atom. The molecule has 0 saturated heterocycles. The predicted octanol–water partition coefficient (Wildman–Crippen LogP) is 5.76. The lowest BCUT2D eigenvalue weighted by Crippen LogP contribution is -2.22. The Hall–Kier alpha value is -3.22. The summed E-state index contributed by atoms with van der Waals surface area (Å²) in [5.41, 5.74) is 3.87. The van der Waals surface area contributed by atoms with Crippen molar-refractivity contribution in [3.8, 4) is 33.1 Å². The molecule has 0 aliphatic rings. The minimum atomic E-state index is -1.27. The van der Waals surface area contributed by atoms with Gasteiger partial charge >= 0.3 is 0 Å². The molecule has 0 amide bonds. The second-order valence-corrected chi connectivity index (χ2v) is 8.80. The van der Waals surface area contributed by atoms with Gasteiger partial charge in [0, 0.05) is 26.5 Å². The van der Waals surface area contributed by atoms with E-state index in [0.717, 1.165) is 37.8 Å². The number of benzene rings is 3. The number of thiophene rings is 1. The van der Waals surface area contributed by atoms with Gasteiger partial charge in [-0.25, -0.2) is 0 Å². The molecule has 1 heterocycles. The molecule has 1 aromatic heterocycles. The van der Waals surface area contributed by atoms with Gasteiger partial charge in [0.15, 0.2) is 0 Å². The number of hydrogen-bond acceptors (Lipinski definition) is 6. The molecule has 0 spiro atoms. The van der Waals surface area contributed by atoms with Gasteiger partial charge in [-0.05, 0) is 65.2 Å². The normalized spacial score (nSPS) is 10.7. The third kappa shape index (κ3) is 4.66. The van der Waals surface area contributed by atoms with Crippen LogP contribution in [0.4, 0.5) is 0 Å². The summed E-state index contributed by atoms with van der Waals surface area (Å²) in [6.07, 6.45) is 2.04. The van der Waals surface area contributed by atoms with Crippen LogP contribution in [-0.4, -0.2) is 19.3 Å². The topological polar surface area (TPSA) is 58.6 Å². The summed E-state index contributed by atoms with van der Waals surface area (Å²) in [4.78, 5) is 13.7. The van der Waals surface area contributed by atoms with E-state index in [-0.39, 0.29) is 11.3 Å². The number of carbonyl (C=O) groups excluding carboxylic acids is 1. The number of carbonyl (C=O) groups is 1. The average molecular weight is 462 g/mol. The Morgan fingerprint density at radius 2 is 1.75 bits per heavy atom. The van der Waals surface area contributed by atoms with Crippen LogP contribution in [0.2, 0.25) is 0 Å². The Labute approximate surface area is 195 Å². The Bertz CT molecular complexity index is 1230. The van der Waals surface area contributed by atoms with Crippen molar-refractivity contribution in [2.75, 3.05) is 13.4 Å². The van der Waals surface area contributed by atoms with Gasteiger partial charge in [-0.1, -0.05) is 30.3 Å². The second kappa shape index (κ2) is 9.94. The zero-order valence-corrected chi connectivity index (χ0v) is 19.3. The fourth-order valence-electron chi connectivity index (χ4n) is 3.46. The van der Waals surface area contributed by atoms with Crippen LogP contribution >= 0.6 is 23.1 Å². The highest BCUT2D eigenvalue weighted by atomic mass is 32.2. The molecule has 4 rings (SSSR count). The van der Waals surface area contributed by atoms with Crippen molar-refractivity contribution in [3.05, 3.63) is 89.3 Å². The van der Waals surface area contributed by atoms with Gasteiger partial charge < -0.3 is 19.4 Å². The number of aromatic carboxylic acids is 1. The van der Waals surface area contributed by atoms with E-state index in [1.165, 1.54) is 7.11 Å². The zero-order valence-electron chi connectivity index (χ0n) is 17.7. The highest BCUT2D eigenvalue weighted by Gasteiger charge is 2.16. The highest BCUT2D eigenvalue weighted by molar-refractivity contribution is 7.98. The lowest BCUT2D eigenvalue weighted by atomic mass is 10.00. The first-order chi connectivity index (χ1) is 15.6. The molecular formula is C26H21O4S2-. The third-order valence-electron chi connectivity index (χ3n) is 5.06. The number of carboxylic acid groups (broad SMARTS) is 1. The van der Waals surface area contributed by atoms with Crippen molar-refractivity contribution < 1.29 is 19.4 Å². The molecule has 32 heavy (non-hydrogen) atoms. The van der Waals surface area contributed by atoms with E-state index in [2.05, 4.69) is 6.07 Å². The van der Waals surface area contributed by atoms with Crippen LogP contribution in [-0.2, 0) is 6.61 Å². The average Bonchev–Trinajstić information content (AvgIpc) is 3.32. The van der Waals surface area contributed by atoms with E-state index < -0.39 is 5.97 Å². The van der Waals surface area contributed by atoms with Crippen LogP contribution in [0.3, 0.4) is 0 Å². The van der Waals surface area contributed by atoms with Crippen LogP contribution in [0.5, 0.6) is 11.5 Å². The fraction of sp³-hybridized carbons (Fsp3) is 0.115. The van der Waals surface area contributed by atoms with Crippen LogP contribution in [0.25, 0.3) is 21.6 Å². The van der Waals surface area contributed by atoms with Crippen molar-refractivity contribution in [2.45, 2.75) is 11.5 Å². The molecule has 4 aromatic rings. The summed E-state index contributed by atoms with van der Waals surface area (Å²) in [6, 6.07) is 23.3. The number of methoxy groups -OCH3 is 1. The molecular weight excluding hydrogens is 440 g/mol. The quantitative estimate of drug-likeness (QED) is 0.313.